The van der Waals surface area contributed by atoms with Crippen LogP contribution in [-0.2, 0) is 24.1 Å². The van der Waals surface area contributed by atoms with Gasteiger partial charge in [0.25, 0.3) is 5.09 Å². The summed E-state index contributed by atoms with van der Waals surface area (Å²) in [6.07, 6.45) is -2.18. The number of ether oxygens (including phenoxy) is 2. The summed E-state index contributed by atoms with van der Waals surface area (Å²) in [5.41, 5.74) is 0. The molecule has 2 aliphatic heterocycles. The van der Waals surface area contributed by atoms with Gasteiger partial charge in [0, 0.05) is 5.75 Å². The minimum atomic E-state index is -3.28. The lowest BCUT2D eigenvalue weighted by Crippen LogP contribution is -2.38. The molecule has 9 heteroatoms. The van der Waals surface area contributed by atoms with E-state index in [1.807, 2.05) is 0 Å². The van der Waals surface area contributed by atoms with Gasteiger partial charge in [0.2, 0.25) is 0 Å². The molecule has 0 aromatic rings. The van der Waals surface area contributed by atoms with Gasteiger partial charge in [-0.2, -0.15) is 0 Å². The Kier molecular flexibility index (Phi) is 3.23. The highest BCUT2D eigenvalue weighted by Crippen LogP contribution is 2.32. The van der Waals surface area contributed by atoms with Crippen molar-refractivity contribution >= 4 is 9.84 Å². The third-order valence-electron chi connectivity index (χ3n) is 3.05. The number of hydrogen-bond acceptors (Lipinski definition) is 7. The van der Waals surface area contributed by atoms with Crippen LogP contribution in [0.5, 0.6) is 0 Å². The smallest absolute Gasteiger partial charge is 0.294 e. The maximum Gasteiger partial charge on any atom is 0.294 e. The summed E-state index contributed by atoms with van der Waals surface area (Å²) < 4.78 is 34.0. The average molecular weight is 267 g/mol. The van der Waals surface area contributed by atoms with E-state index in [0.29, 0.717) is 0 Å². The van der Waals surface area contributed by atoms with Crippen LogP contribution in [0, 0.1) is 10.1 Å². The first kappa shape index (κ1) is 12.5. The molecular weight excluding hydrogens is 254 g/mol. The van der Waals surface area contributed by atoms with Crippen LogP contribution in [0.2, 0.25) is 0 Å². The molecule has 2 heterocycles. The fraction of sp³-hybridized carbons (Fsp3) is 1.00. The molecule has 0 radical (unpaired) electrons. The summed E-state index contributed by atoms with van der Waals surface area (Å²) in [5.74, 6) is -0.00559. The topological polar surface area (TPSA) is 105 Å². The summed E-state index contributed by atoms with van der Waals surface area (Å²) >= 11 is 0. The lowest BCUT2D eigenvalue weighted by molar-refractivity contribution is -0.769. The Balaban J connectivity index is 2.09. The van der Waals surface area contributed by atoms with Gasteiger partial charge >= 0.3 is 0 Å². The molecule has 17 heavy (non-hydrogen) atoms. The fourth-order valence-electron chi connectivity index (χ4n) is 2.15. The van der Waals surface area contributed by atoms with Gasteiger partial charge in [0.05, 0.1) is 13.2 Å². The monoisotopic (exact) mass is 267 g/mol. The standard InChI is InChI=1S/C8H13NO7S/c1-2-17(12,13)6-4-15-7-5(16-9(10)11)3-14-8(6)7/h5-8H,2-4H2,1H3/t5-,6+,7-,8-/m1/s1. The van der Waals surface area contributed by atoms with Crippen LogP contribution < -0.4 is 0 Å². The van der Waals surface area contributed by atoms with Crippen LogP contribution in [0.3, 0.4) is 0 Å². The predicted octanol–water partition coefficient (Wildman–Crippen LogP) is -0.836. The minimum absolute atomic E-state index is 0.00306. The number of sulfone groups is 1. The summed E-state index contributed by atoms with van der Waals surface area (Å²) in [6, 6.07) is 0. The van der Waals surface area contributed by atoms with E-state index in [1.165, 1.54) is 0 Å². The van der Waals surface area contributed by atoms with Crippen LogP contribution in [0.25, 0.3) is 0 Å². The van der Waals surface area contributed by atoms with Crippen molar-refractivity contribution in [2.75, 3.05) is 19.0 Å². The second-order valence-corrected chi connectivity index (χ2v) is 6.46. The summed E-state index contributed by atoms with van der Waals surface area (Å²) in [4.78, 5) is 14.6. The van der Waals surface area contributed by atoms with E-state index in [1.54, 1.807) is 6.92 Å². The Morgan fingerprint density at radius 1 is 1.35 bits per heavy atom. The first-order valence-electron chi connectivity index (χ1n) is 5.21. The molecule has 8 nitrogen and oxygen atoms in total. The molecule has 4 atom stereocenters. The summed E-state index contributed by atoms with van der Waals surface area (Å²) in [7, 11) is -3.28. The fourth-order valence-corrected chi connectivity index (χ4v) is 3.51. The van der Waals surface area contributed by atoms with E-state index in [2.05, 4.69) is 4.84 Å². The van der Waals surface area contributed by atoms with Crippen LogP contribution in [0.4, 0.5) is 0 Å². The van der Waals surface area contributed by atoms with Gasteiger partial charge in [-0.1, -0.05) is 6.92 Å². The van der Waals surface area contributed by atoms with Gasteiger partial charge in [-0.05, 0) is 0 Å². The molecule has 0 saturated carbocycles. The zero-order valence-electron chi connectivity index (χ0n) is 9.14. The molecule has 0 aromatic carbocycles. The third kappa shape index (κ3) is 2.22. The summed E-state index contributed by atoms with van der Waals surface area (Å²) in [5, 5.41) is 8.57. The van der Waals surface area contributed by atoms with Gasteiger partial charge < -0.3 is 14.3 Å². The van der Waals surface area contributed by atoms with E-state index < -0.39 is 38.5 Å². The average Bonchev–Trinajstić information content (AvgIpc) is 2.80. The van der Waals surface area contributed by atoms with E-state index in [4.69, 9.17) is 9.47 Å². The number of hydrogen-bond donors (Lipinski definition) is 0. The van der Waals surface area contributed by atoms with Gasteiger partial charge in [0.15, 0.2) is 15.9 Å². The molecule has 0 spiro atoms. The second-order valence-electron chi connectivity index (χ2n) is 3.95. The molecule has 98 valence electrons. The Labute approximate surface area is 97.9 Å². The molecule has 0 amide bonds. The van der Waals surface area contributed by atoms with E-state index in [0.717, 1.165) is 0 Å². The highest BCUT2D eigenvalue weighted by atomic mass is 32.2. The van der Waals surface area contributed by atoms with Crippen LogP contribution >= 0.6 is 0 Å². The van der Waals surface area contributed by atoms with Crippen molar-refractivity contribution < 1.29 is 27.8 Å². The number of rotatable bonds is 4. The quantitative estimate of drug-likeness (QED) is 0.483. The maximum absolute atomic E-state index is 11.7. The SMILES string of the molecule is CCS(=O)(=O)[C@H]1CO[C@H]2[C@@H]1OC[C@H]2O[N+](=O)[O-]. The van der Waals surface area contributed by atoms with Crippen LogP contribution in [0.15, 0.2) is 0 Å². The van der Waals surface area contributed by atoms with Crippen molar-refractivity contribution in [3.63, 3.8) is 0 Å². The number of fused-ring (bicyclic) bond motifs is 1. The van der Waals surface area contributed by atoms with Crippen molar-refractivity contribution in [3.05, 3.63) is 10.1 Å². The molecule has 2 aliphatic rings. The van der Waals surface area contributed by atoms with E-state index in [9.17, 15) is 18.5 Å². The Morgan fingerprint density at radius 2 is 2.00 bits per heavy atom. The Bertz CT molecular complexity index is 408. The molecule has 0 bridgehead atoms. The lowest BCUT2D eigenvalue weighted by Gasteiger charge is -2.15. The lowest BCUT2D eigenvalue weighted by atomic mass is 10.1. The predicted molar refractivity (Wildman–Crippen MR) is 54.6 cm³/mol. The van der Waals surface area contributed by atoms with Gasteiger partial charge in [0.1, 0.15) is 17.5 Å². The van der Waals surface area contributed by atoms with E-state index >= 15 is 0 Å². The van der Waals surface area contributed by atoms with Gasteiger partial charge in [-0.15, -0.1) is 10.1 Å². The maximum atomic E-state index is 11.7. The molecule has 0 unspecified atom stereocenters. The minimum Gasteiger partial charge on any atom is -0.372 e. The zero-order chi connectivity index (χ0) is 12.6. The molecule has 2 rings (SSSR count). The van der Waals surface area contributed by atoms with E-state index in [-0.39, 0.29) is 19.0 Å². The van der Waals surface area contributed by atoms with Crippen molar-refractivity contribution in [1.82, 2.24) is 0 Å². The van der Waals surface area contributed by atoms with Gasteiger partial charge in [-0.25, -0.2) is 8.42 Å². The molecule has 2 saturated heterocycles. The van der Waals surface area contributed by atoms with Crippen molar-refractivity contribution in [3.8, 4) is 0 Å². The molecule has 0 aliphatic carbocycles. The highest BCUT2D eigenvalue weighted by molar-refractivity contribution is 7.92. The molecule has 0 N–H and O–H groups in total. The summed E-state index contributed by atoms with van der Waals surface area (Å²) in [6.45, 7) is 1.53. The van der Waals surface area contributed by atoms with Crippen molar-refractivity contribution in [1.29, 1.82) is 0 Å². The Hall–Kier alpha value is -0.930. The van der Waals surface area contributed by atoms with Crippen LogP contribution in [0.1, 0.15) is 6.92 Å². The molecule has 0 aromatic heterocycles. The first-order valence-corrected chi connectivity index (χ1v) is 6.93. The van der Waals surface area contributed by atoms with Crippen molar-refractivity contribution in [2.24, 2.45) is 0 Å². The number of nitrogens with zero attached hydrogens (tertiary/aromatic N) is 1. The zero-order valence-corrected chi connectivity index (χ0v) is 9.96. The highest BCUT2D eigenvalue weighted by Gasteiger charge is 2.53. The van der Waals surface area contributed by atoms with Crippen LogP contribution in [-0.4, -0.2) is 56.0 Å². The third-order valence-corrected chi connectivity index (χ3v) is 5.18. The van der Waals surface area contributed by atoms with Crippen molar-refractivity contribution in [2.45, 2.75) is 30.5 Å². The van der Waals surface area contributed by atoms with Gasteiger partial charge in [-0.3, -0.25) is 0 Å². The molecular formula is C8H13NO7S. The molecule has 2 fully saturated rings. The first-order chi connectivity index (χ1) is 7.95. The largest absolute Gasteiger partial charge is 0.372 e. The Morgan fingerprint density at radius 3 is 2.59 bits per heavy atom. The normalized spacial score (nSPS) is 36.8. The second kappa shape index (κ2) is 4.39.